The number of aryl methyl sites for hydroxylation is 1. The number of nitrogens with one attached hydrogen (secondary N) is 1. The third kappa shape index (κ3) is 3.10. The maximum Gasteiger partial charge on any atom is 0.317 e. The molecule has 2 fully saturated rings. The van der Waals surface area contributed by atoms with Crippen LogP contribution in [0.1, 0.15) is 37.1 Å². The fraction of sp³-hybridized carbons (Fsp3) is 0.733. The van der Waals surface area contributed by atoms with E-state index in [1.165, 1.54) is 0 Å². The summed E-state index contributed by atoms with van der Waals surface area (Å²) in [6.45, 7) is 4.07. The molecule has 0 saturated carbocycles. The highest BCUT2D eigenvalue weighted by molar-refractivity contribution is 5.74. The van der Waals surface area contributed by atoms with E-state index < -0.39 is 11.7 Å². The number of urea groups is 1. The van der Waals surface area contributed by atoms with Gasteiger partial charge in [-0.2, -0.15) is 0 Å². The minimum Gasteiger partial charge on any atom is -0.390 e. The van der Waals surface area contributed by atoms with Crippen LogP contribution in [0.4, 0.5) is 4.79 Å². The van der Waals surface area contributed by atoms with Crippen LogP contribution in [0.15, 0.2) is 10.6 Å². The lowest BCUT2D eigenvalue weighted by molar-refractivity contribution is -0.173. The summed E-state index contributed by atoms with van der Waals surface area (Å²) in [6, 6.07) is 1.69. The second kappa shape index (κ2) is 6.26. The van der Waals surface area contributed by atoms with Crippen LogP contribution in [0.2, 0.25) is 0 Å². The van der Waals surface area contributed by atoms with E-state index in [4.69, 9.17) is 9.26 Å². The molecule has 2 amide bonds. The van der Waals surface area contributed by atoms with E-state index in [2.05, 4.69) is 10.5 Å². The maximum atomic E-state index is 12.2. The van der Waals surface area contributed by atoms with Crippen molar-refractivity contribution < 1.29 is 19.2 Å². The normalized spacial score (nSPS) is 24.5. The number of carbonyl (C=O) groups excluding carboxylic acids is 1. The van der Waals surface area contributed by atoms with Gasteiger partial charge in [0.25, 0.3) is 0 Å². The van der Waals surface area contributed by atoms with E-state index in [0.29, 0.717) is 44.8 Å². The average Bonchev–Trinajstić information content (AvgIpc) is 2.94. The van der Waals surface area contributed by atoms with Crippen molar-refractivity contribution in [3.8, 4) is 0 Å². The summed E-state index contributed by atoms with van der Waals surface area (Å²) in [5.74, 6) is 0.644. The van der Waals surface area contributed by atoms with Gasteiger partial charge in [-0.15, -0.1) is 0 Å². The van der Waals surface area contributed by atoms with Crippen molar-refractivity contribution in [3.05, 3.63) is 17.5 Å². The van der Waals surface area contributed by atoms with Gasteiger partial charge in [0.2, 0.25) is 0 Å². The standard InChI is InChI=1S/C15H23N3O4/c1-11-9-12(22-17-11)10-16-14(20)18-6-4-15(5-7-18)13(19)3-2-8-21-15/h9,13,19H,2-8,10H2,1H3,(H,16,20)/t13-/m1/s1. The van der Waals surface area contributed by atoms with Crippen molar-refractivity contribution >= 4 is 6.03 Å². The molecule has 1 atom stereocenters. The Morgan fingerprint density at radius 3 is 2.95 bits per heavy atom. The van der Waals surface area contributed by atoms with Gasteiger partial charge in [-0.05, 0) is 32.6 Å². The van der Waals surface area contributed by atoms with Gasteiger partial charge in [0.05, 0.1) is 23.9 Å². The topological polar surface area (TPSA) is 87.8 Å². The molecule has 2 aliphatic heterocycles. The molecule has 3 heterocycles. The molecule has 7 nitrogen and oxygen atoms in total. The third-order valence-electron chi connectivity index (χ3n) is 4.61. The number of hydrogen-bond donors (Lipinski definition) is 2. The molecule has 0 radical (unpaired) electrons. The highest BCUT2D eigenvalue weighted by Crippen LogP contribution is 2.35. The van der Waals surface area contributed by atoms with Crippen LogP contribution in [0.3, 0.4) is 0 Å². The average molecular weight is 309 g/mol. The molecule has 1 spiro atoms. The van der Waals surface area contributed by atoms with Crippen LogP contribution in [0.5, 0.6) is 0 Å². The summed E-state index contributed by atoms with van der Waals surface area (Å²) in [4.78, 5) is 13.9. The molecule has 1 aromatic heterocycles. The Balaban J connectivity index is 1.49. The summed E-state index contributed by atoms with van der Waals surface area (Å²) >= 11 is 0. The van der Waals surface area contributed by atoms with Crippen LogP contribution in [-0.4, -0.2) is 52.6 Å². The molecule has 2 N–H and O–H groups in total. The Bertz CT molecular complexity index is 523. The van der Waals surface area contributed by atoms with Gasteiger partial charge >= 0.3 is 6.03 Å². The summed E-state index contributed by atoms with van der Waals surface area (Å²) < 4.78 is 10.9. The van der Waals surface area contributed by atoms with Gasteiger partial charge in [-0.1, -0.05) is 5.16 Å². The lowest BCUT2D eigenvalue weighted by atomic mass is 9.82. The Labute approximate surface area is 129 Å². The number of likely N-dealkylation sites (tertiary alicyclic amines) is 1. The lowest BCUT2D eigenvalue weighted by Crippen LogP contribution is -2.57. The number of carbonyl (C=O) groups is 1. The first kappa shape index (κ1) is 15.3. The van der Waals surface area contributed by atoms with E-state index in [-0.39, 0.29) is 6.03 Å². The minimum absolute atomic E-state index is 0.116. The van der Waals surface area contributed by atoms with E-state index in [9.17, 15) is 9.90 Å². The van der Waals surface area contributed by atoms with Gasteiger partial charge in [0.15, 0.2) is 5.76 Å². The molecular formula is C15H23N3O4. The second-order valence-electron chi connectivity index (χ2n) is 6.15. The smallest absolute Gasteiger partial charge is 0.317 e. The van der Waals surface area contributed by atoms with Crippen molar-refractivity contribution in [2.75, 3.05) is 19.7 Å². The summed E-state index contributed by atoms with van der Waals surface area (Å²) in [5.41, 5.74) is 0.351. The predicted octanol–water partition coefficient (Wildman–Crippen LogP) is 1.20. The quantitative estimate of drug-likeness (QED) is 0.857. The van der Waals surface area contributed by atoms with Crippen molar-refractivity contribution in [3.63, 3.8) is 0 Å². The highest BCUT2D eigenvalue weighted by atomic mass is 16.5. The van der Waals surface area contributed by atoms with Crippen LogP contribution in [-0.2, 0) is 11.3 Å². The Hall–Kier alpha value is -1.60. The molecule has 2 aliphatic rings. The summed E-state index contributed by atoms with van der Waals surface area (Å²) in [7, 11) is 0. The molecule has 3 rings (SSSR count). The fourth-order valence-corrected chi connectivity index (χ4v) is 3.25. The first-order valence-corrected chi connectivity index (χ1v) is 7.86. The van der Waals surface area contributed by atoms with Crippen molar-refractivity contribution in [2.24, 2.45) is 0 Å². The molecule has 0 aliphatic carbocycles. The molecule has 122 valence electrons. The number of ether oxygens (including phenoxy) is 1. The number of aliphatic hydroxyl groups excluding tert-OH is 1. The first-order valence-electron chi connectivity index (χ1n) is 7.86. The van der Waals surface area contributed by atoms with Gasteiger partial charge in [-0.25, -0.2) is 4.79 Å². The maximum absolute atomic E-state index is 12.2. The number of rotatable bonds is 2. The SMILES string of the molecule is Cc1cc(CNC(=O)N2CCC3(CC2)OCCC[C@H]3O)on1. The zero-order valence-electron chi connectivity index (χ0n) is 12.9. The minimum atomic E-state index is -0.447. The monoisotopic (exact) mass is 309 g/mol. The molecule has 1 aromatic rings. The highest BCUT2D eigenvalue weighted by Gasteiger charge is 2.44. The van der Waals surface area contributed by atoms with Crippen LogP contribution < -0.4 is 5.32 Å². The zero-order valence-corrected chi connectivity index (χ0v) is 12.9. The molecule has 2 saturated heterocycles. The Morgan fingerprint density at radius 1 is 1.55 bits per heavy atom. The number of piperidine rings is 1. The Kier molecular flexibility index (Phi) is 4.35. The van der Waals surface area contributed by atoms with Gasteiger partial charge < -0.3 is 24.6 Å². The molecule has 22 heavy (non-hydrogen) atoms. The van der Waals surface area contributed by atoms with Crippen LogP contribution in [0, 0.1) is 6.92 Å². The molecule has 0 bridgehead atoms. The zero-order chi connectivity index (χ0) is 15.6. The number of amides is 2. The molecule has 0 unspecified atom stereocenters. The van der Waals surface area contributed by atoms with E-state index >= 15 is 0 Å². The van der Waals surface area contributed by atoms with Crippen LogP contribution >= 0.6 is 0 Å². The lowest BCUT2D eigenvalue weighted by Gasteiger charge is -2.46. The van der Waals surface area contributed by atoms with Gasteiger partial charge in [0, 0.05) is 25.8 Å². The third-order valence-corrected chi connectivity index (χ3v) is 4.61. The molecule has 0 aromatic carbocycles. The summed E-state index contributed by atoms with van der Waals surface area (Å²) in [6.07, 6.45) is 2.65. The van der Waals surface area contributed by atoms with Gasteiger partial charge in [-0.3, -0.25) is 0 Å². The number of aromatic nitrogens is 1. The van der Waals surface area contributed by atoms with E-state index in [1.807, 2.05) is 6.92 Å². The van der Waals surface area contributed by atoms with Crippen molar-refractivity contribution in [1.82, 2.24) is 15.4 Å². The molecular weight excluding hydrogens is 286 g/mol. The van der Waals surface area contributed by atoms with Crippen LogP contribution in [0.25, 0.3) is 0 Å². The molecule has 7 heteroatoms. The largest absolute Gasteiger partial charge is 0.390 e. The summed E-state index contributed by atoms with van der Waals surface area (Å²) in [5, 5.41) is 16.8. The van der Waals surface area contributed by atoms with Crippen molar-refractivity contribution in [2.45, 2.75) is 50.9 Å². The van der Waals surface area contributed by atoms with Gasteiger partial charge in [0.1, 0.15) is 0 Å². The predicted molar refractivity (Wildman–Crippen MR) is 78.2 cm³/mol. The van der Waals surface area contributed by atoms with Crippen molar-refractivity contribution in [1.29, 1.82) is 0 Å². The Morgan fingerprint density at radius 2 is 2.32 bits per heavy atom. The van der Waals surface area contributed by atoms with E-state index in [1.54, 1.807) is 11.0 Å². The fourth-order valence-electron chi connectivity index (χ4n) is 3.25. The van der Waals surface area contributed by atoms with E-state index in [0.717, 1.165) is 18.5 Å². The number of aliphatic hydroxyl groups is 1. The number of nitrogens with zero attached hydrogens (tertiary/aromatic N) is 2. The second-order valence-corrected chi connectivity index (χ2v) is 6.15. The first-order chi connectivity index (χ1) is 10.6. The number of hydrogen-bond acceptors (Lipinski definition) is 5.